The van der Waals surface area contributed by atoms with Gasteiger partial charge in [0.1, 0.15) is 18.2 Å². The van der Waals surface area contributed by atoms with Crippen LogP contribution in [-0.2, 0) is 11.3 Å². The molecule has 0 bridgehead atoms. The molecule has 0 radical (unpaired) electrons. The minimum atomic E-state index is -0.118. The van der Waals surface area contributed by atoms with Crippen molar-refractivity contribution in [2.24, 2.45) is 0 Å². The van der Waals surface area contributed by atoms with Gasteiger partial charge in [-0.3, -0.25) is 4.79 Å². The minimum Gasteiger partial charge on any atom is -0.491 e. The van der Waals surface area contributed by atoms with Gasteiger partial charge in [-0.1, -0.05) is 6.07 Å². The monoisotopic (exact) mass is 355 g/mol. The van der Waals surface area contributed by atoms with Gasteiger partial charge in [0.05, 0.1) is 6.10 Å². The van der Waals surface area contributed by atoms with Crippen LogP contribution in [0.5, 0.6) is 5.75 Å². The summed E-state index contributed by atoms with van der Waals surface area (Å²) in [5.41, 5.74) is 1.56. The van der Waals surface area contributed by atoms with Crippen molar-refractivity contribution >= 4 is 11.7 Å². The van der Waals surface area contributed by atoms with Crippen LogP contribution in [0.2, 0.25) is 0 Å². The number of ether oxygens (including phenoxy) is 2. The number of nitrogens with one attached hydrogen (secondary N) is 1. The predicted octanol–water partition coefficient (Wildman–Crippen LogP) is 2.64. The highest BCUT2D eigenvalue weighted by molar-refractivity contribution is 5.94. The molecule has 1 aliphatic heterocycles. The maximum Gasteiger partial charge on any atom is 0.251 e. The van der Waals surface area contributed by atoms with Crippen LogP contribution in [0.25, 0.3) is 0 Å². The molecule has 3 rings (SSSR count). The summed E-state index contributed by atoms with van der Waals surface area (Å²) in [6, 6.07) is 11.1. The Hall–Kier alpha value is -2.60. The van der Waals surface area contributed by atoms with Crippen LogP contribution in [0.15, 0.2) is 42.6 Å². The first-order valence-corrected chi connectivity index (χ1v) is 8.87. The summed E-state index contributed by atoms with van der Waals surface area (Å²) in [6.45, 7) is 1.82. The van der Waals surface area contributed by atoms with Gasteiger partial charge in [-0.2, -0.15) is 0 Å². The first-order chi connectivity index (χ1) is 12.6. The van der Waals surface area contributed by atoms with Gasteiger partial charge in [0.25, 0.3) is 5.91 Å². The lowest BCUT2D eigenvalue weighted by atomic mass is 10.2. The number of amides is 1. The molecule has 1 aliphatic rings. The zero-order valence-electron chi connectivity index (χ0n) is 15.3. The molecule has 1 atom stereocenters. The number of nitrogens with zero attached hydrogens (tertiary/aromatic N) is 2. The van der Waals surface area contributed by atoms with Crippen LogP contribution in [-0.4, -0.2) is 44.3 Å². The molecule has 1 N–H and O–H groups in total. The SMILES string of the molecule is CN(C)c1ccc(CNC(=O)c2ccc(OCC3CCCO3)cc2)cn1. The van der Waals surface area contributed by atoms with E-state index in [0.29, 0.717) is 18.7 Å². The predicted molar refractivity (Wildman–Crippen MR) is 101 cm³/mol. The Morgan fingerprint density at radius 1 is 1.27 bits per heavy atom. The van der Waals surface area contributed by atoms with Crippen LogP contribution < -0.4 is 15.0 Å². The van der Waals surface area contributed by atoms with E-state index in [1.165, 1.54) is 0 Å². The van der Waals surface area contributed by atoms with E-state index in [0.717, 1.165) is 36.6 Å². The summed E-state index contributed by atoms with van der Waals surface area (Å²) in [5.74, 6) is 1.52. The Kier molecular flexibility index (Phi) is 6.07. The van der Waals surface area contributed by atoms with E-state index in [2.05, 4.69) is 10.3 Å². The van der Waals surface area contributed by atoms with Crippen molar-refractivity contribution in [3.05, 3.63) is 53.7 Å². The second-order valence-electron chi connectivity index (χ2n) is 6.57. The summed E-state index contributed by atoms with van der Waals surface area (Å²) in [7, 11) is 3.88. The molecule has 1 aromatic heterocycles. The number of hydrogen-bond acceptors (Lipinski definition) is 5. The van der Waals surface area contributed by atoms with E-state index >= 15 is 0 Å². The Morgan fingerprint density at radius 3 is 2.69 bits per heavy atom. The van der Waals surface area contributed by atoms with E-state index < -0.39 is 0 Å². The fraction of sp³-hybridized carbons (Fsp3) is 0.400. The Balaban J connectivity index is 1.48. The third-order valence-corrected chi connectivity index (χ3v) is 4.30. The quantitative estimate of drug-likeness (QED) is 0.827. The van der Waals surface area contributed by atoms with Gasteiger partial charge in [-0.25, -0.2) is 4.98 Å². The molecule has 26 heavy (non-hydrogen) atoms. The maximum absolute atomic E-state index is 12.3. The Bertz CT molecular complexity index is 708. The van der Waals surface area contributed by atoms with Crippen molar-refractivity contribution in [1.29, 1.82) is 0 Å². The number of pyridine rings is 1. The minimum absolute atomic E-state index is 0.118. The molecule has 0 spiro atoms. The van der Waals surface area contributed by atoms with Gasteiger partial charge < -0.3 is 19.7 Å². The molecule has 1 amide bonds. The first kappa shape index (κ1) is 18.2. The number of rotatable bonds is 7. The first-order valence-electron chi connectivity index (χ1n) is 8.87. The molecular weight excluding hydrogens is 330 g/mol. The summed E-state index contributed by atoms with van der Waals surface area (Å²) in [6.07, 6.45) is 4.11. The van der Waals surface area contributed by atoms with Crippen molar-refractivity contribution in [3.63, 3.8) is 0 Å². The fourth-order valence-electron chi connectivity index (χ4n) is 2.74. The molecule has 138 valence electrons. The standard InChI is InChI=1S/C20H25N3O3/c1-23(2)19-10-5-15(12-21-19)13-22-20(24)16-6-8-17(9-7-16)26-14-18-4-3-11-25-18/h5-10,12,18H,3-4,11,13-14H2,1-2H3,(H,22,24). The van der Waals surface area contributed by atoms with Crippen molar-refractivity contribution in [2.75, 3.05) is 32.2 Å². The van der Waals surface area contributed by atoms with Crippen LogP contribution in [0, 0.1) is 0 Å². The van der Waals surface area contributed by atoms with Crippen LogP contribution in [0.1, 0.15) is 28.8 Å². The third kappa shape index (κ3) is 4.95. The van der Waals surface area contributed by atoms with Crippen molar-refractivity contribution in [2.45, 2.75) is 25.5 Å². The molecule has 6 heteroatoms. The van der Waals surface area contributed by atoms with E-state index in [4.69, 9.17) is 9.47 Å². The van der Waals surface area contributed by atoms with Gasteiger partial charge in [0, 0.05) is 39.0 Å². The second kappa shape index (κ2) is 8.67. The summed E-state index contributed by atoms with van der Waals surface area (Å²) in [5, 5.41) is 2.91. The van der Waals surface area contributed by atoms with Gasteiger partial charge >= 0.3 is 0 Å². The highest BCUT2D eigenvalue weighted by atomic mass is 16.5. The average Bonchev–Trinajstić information content (AvgIpc) is 3.19. The zero-order valence-corrected chi connectivity index (χ0v) is 15.3. The molecule has 1 aromatic carbocycles. The van der Waals surface area contributed by atoms with Crippen LogP contribution >= 0.6 is 0 Å². The normalized spacial score (nSPS) is 16.3. The van der Waals surface area contributed by atoms with Crippen LogP contribution in [0.3, 0.4) is 0 Å². The lowest BCUT2D eigenvalue weighted by molar-refractivity contribution is 0.0679. The smallest absolute Gasteiger partial charge is 0.251 e. The number of carbonyl (C=O) groups is 1. The molecular formula is C20H25N3O3. The number of benzene rings is 1. The highest BCUT2D eigenvalue weighted by Gasteiger charge is 2.16. The molecule has 0 saturated carbocycles. The summed E-state index contributed by atoms with van der Waals surface area (Å²) < 4.78 is 11.2. The molecule has 0 aliphatic carbocycles. The molecule has 6 nitrogen and oxygen atoms in total. The zero-order chi connectivity index (χ0) is 18.4. The van der Waals surface area contributed by atoms with Crippen molar-refractivity contribution in [1.82, 2.24) is 10.3 Å². The lowest BCUT2D eigenvalue weighted by Gasteiger charge is -2.12. The van der Waals surface area contributed by atoms with Crippen LogP contribution in [0.4, 0.5) is 5.82 Å². The summed E-state index contributed by atoms with van der Waals surface area (Å²) >= 11 is 0. The molecule has 1 fully saturated rings. The highest BCUT2D eigenvalue weighted by Crippen LogP contribution is 2.16. The molecule has 2 aromatic rings. The van der Waals surface area contributed by atoms with Crippen molar-refractivity contribution in [3.8, 4) is 5.75 Å². The van der Waals surface area contributed by atoms with Gasteiger partial charge in [-0.15, -0.1) is 0 Å². The average molecular weight is 355 g/mol. The van der Waals surface area contributed by atoms with E-state index in [1.54, 1.807) is 18.3 Å². The lowest BCUT2D eigenvalue weighted by Crippen LogP contribution is -2.23. The van der Waals surface area contributed by atoms with E-state index in [9.17, 15) is 4.79 Å². The van der Waals surface area contributed by atoms with Crippen molar-refractivity contribution < 1.29 is 14.3 Å². The Labute approximate surface area is 154 Å². The largest absolute Gasteiger partial charge is 0.491 e. The maximum atomic E-state index is 12.3. The number of aromatic nitrogens is 1. The number of anilines is 1. The molecule has 1 unspecified atom stereocenters. The van der Waals surface area contributed by atoms with Gasteiger partial charge in [0.2, 0.25) is 0 Å². The number of carbonyl (C=O) groups excluding carboxylic acids is 1. The molecule has 1 saturated heterocycles. The fourth-order valence-corrected chi connectivity index (χ4v) is 2.74. The number of hydrogen-bond donors (Lipinski definition) is 1. The summed E-state index contributed by atoms with van der Waals surface area (Å²) in [4.78, 5) is 18.5. The molecule has 2 heterocycles. The van der Waals surface area contributed by atoms with E-state index in [1.807, 2.05) is 43.3 Å². The third-order valence-electron chi connectivity index (χ3n) is 4.30. The Morgan fingerprint density at radius 2 is 2.08 bits per heavy atom. The van der Waals surface area contributed by atoms with E-state index in [-0.39, 0.29) is 12.0 Å². The second-order valence-corrected chi connectivity index (χ2v) is 6.57. The van der Waals surface area contributed by atoms with Gasteiger partial charge in [0.15, 0.2) is 0 Å². The topological polar surface area (TPSA) is 63.7 Å². The van der Waals surface area contributed by atoms with Gasteiger partial charge in [-0.05, 0) is 48.7 Å².